The molecule has 0 atom stereocenters. The third-order valence-electron chi connectivity index (χ3n) is 34.2. The summed E-state index contributed by atoms with van der Waals surface area (Å²) in [6, 6.07) is 114. The van der Waals surface area contributed by atoms with Gasteiger partial charge >= 0.3 is 0 Å². The van der Waals surface area contributed by atoms with Crippen LogP contribution in [0.4, 0.5) is 68.4 Å². The third-order valence-corrected chi connectivity index (χ3v) is 34.2. The highest BCUT2D eigenvalue weighted by Crippen LogP contribution is 2.65. The quantitative estimate of drug-likeness (QED) is 0.149. The molecule has 8 aliphatic carbocycles. The molecule has 36 rings (SSSR count). The molecular formula is C132H88N8. The number of para-hydroxylation sites is 4. The summed E-state index contributed by atoms with van der Waals surface area (Å²) >= 11 is 0. The third kappa shape index (κ3) is 10.6. The predicted molar refractivity (Wildman–Crippen MR) is 564 cm³/mol. The van der Waals surface area contributed by atoms with Gasteiger partial charge in [0, 0.05) is 99.4 Å². The van der Waals surface area contributed by atoms with Crippen molar-refractivity contribution in [3.63, 3.8) is 0 Å². The van der Waals surface area contributed by atoms with E-state index in [2.05, 4.69) is 345 Å². The zero-order chi connectivity index (χ0) is 90.7. The predicted octanol–water partition coefficient (Wildman–Crippen LogP) is 30.0. The van der Waals surface area contributed by atoms with E-state index in [0.29, 0.717) is 0 Å². The van der Waals surface area contributed by atoms with E-state index in [-0.39, 0.29) is 0 Å². The summed E-state index contributed by atoms with van der Waals surface area (Å²) in [4.78, 5) is 28.7. The van der Waals surface area contributed by atoms with Crippen molar-refractivity contribution < 1.29 is 0 Å². The average Bonchev–Trinajstić information content (AvgIpc) is 1.48. The number of benzene rings is 16. The fraction of sp³-hybridized carbons (Fsp3) is 0.121. The molecule has 16 aliphatic rings. The molecule has 0 unspecified atom stereocenters. The standard InChI is InChI=1S/4C33H22N2/c1-3-9-26-19(6-1)14-21-11-12-22-15-24-17-25-16-23-8-5-13-34-33(23)35-28-10-4-2-7-20(28)18-27(32(25)35)30(24)31(22)29(21)26;1-3-8-25-19(6-1)14-21-11-12-22-15-23-16-24-18-27-29(10-5-13-34-27)35-28-9-4-2-7-20(28)17-26(33(24)35)31(23)32(22)30(21)25;1-3-7-26-19(5-1)13-22-9-10-23-15-24-16-25-14-21-11-12-34-18-29(21)35-28-8-4-2-6-20(28)17-27(33(25)35)31(24)32(23)30(22)26;1-3-7-26-19(5-1)13-21-9-10-22-14-23-15-24-16-25-18-34-12-11-29(25)35-28-8-4-2-6-20(28)17-27(33(24)35)31(23)32(22)30(21)26/h1-13,17H,14-16,18H2;1-13,16H,14-15,17-18H2;1-12,16,18H,13-15,17H2;1-12,15,18H,13-14,16-17H2. The van der Waals surface area contributed by atoms with E-state index < -0.39 is 0 Å². The topological polar surface area (TPSA) is 64.5 Å². The maximum atomic E-state index is 4.90. The van der Waals surface area contributed by atoms with Crippen molar-refractivity contribution in [3.8, 4) is 89.0 Å². The number of aromatic nitrogens is 4. The van der Waals surface area contributed by atoms with Crippen LogP contribution in [-0.2, 0) is 103 Å². The van der Waals surface area contributed by atoms with E-state index in [9.17, 15) is 0 Å². The Morgan fingerprint density at radius 2 is 0.436 bits per heavy atom. The van der Waals surface area contributed by atoms with Gasteiger partial charge in [0.25, 0.3) is 0 Å². The van der Waals surface area contributed by atoms with E-state index in [1.165, 1.54) is 330 Å². The van der Waals surface area contributed by atoms with Crippen LogP contribution >= 0.6 is 0 Å². The van der Waals surface area contributed by atoms with Gasteiger partial charge in [0.05, 0.1) is 57.4 Å². The molecule has 0 amide bonds. The highest BCUT2D eigenvalue weighted by Gasteiger charge is 2.46. The fourth-order valence-corrected chi connectivity index (χ4v) is 28.8. The van der Waals surface area contributed by atoms with Crippen molar-refractivity contribution >= 4 is 68.4 Å². The summed E-state index contributed by atoms with van der Waals surface area (Å²) in [5, 5.41) is 0. The molecule has 12 heterocycles. The molecule has 0 spiro atoms. The van der Waals surface area contributed by atoms with Gasteiger partial charge < -0.3 is 14.7 Å². The van der Waals surface area contributed by atoms with Crippen LogP contribution in [-0.4, -0.2) is 19.9 Å². The zero-order valence-electron chi connectivity index (χ0n) is 77.2. The van der Waals surface area contributed by atoms with Crippen LogP contribution in [0.15, 0.2) is 340 Å². The first-order chi connectivity index (χ1) is 69.4. The van der Waals surface area contributed by atoms with Crippen molar-refractivity contribution in [2.24, 2.45) is 0 Å². The van der Waals surface area contributed by atoms with E-state index in [1.807, 2.05) is 24.8 Å². The maximum absolute atomic E-state index is 4.90. The van der Waals surface area contributed by atoms with Crippen LogP contribution in [0.25, 0.3) is 89.0 Å². The first-order valence-corrected chi connectivity index (χ1v) is 50.3. The molecular weight excluding hydrogens is 1700 g/mol. The van der Waals surface area contributed by atoms with Crippen LogP contribution in [0.2, 0.25) is 0 Å². The minimum Gasteiger partial charge on any atom is -0.309 e. The molecule has 20 aromatic rings. The monoisotopic (exact) mass is 1780 g/mol. The lowest BCUT2D eigenvalue weighted by molar-refractivity contribution is 0.968. The Morgan fingerprint density at radius 1 is 0.157 bits per heavy atom. The van der Waals surface area contributed by atoms with Crippen LogP contribution in [0.3, 0.4) is 0 Å². The van der Waals surface area contributed by atoms with Gasteiger partial charge in [0.2, 0.25) is 0 Å². The first kappa shape index (κ1) is 76.5. The molecule has 8 aliphatic heterocycles. The van der Waals surface area contributed by atoms with Gasteiger partial charge in [-0.05, 0) is 367 Å². The van der Waals surface area contributed by atoms with E-state index in [4.69, 9.17) is 9.97 Å². The molecule has 8 nitrogen and oxygen atoms in total. The molecule has 0 bridgehead atoms. The fourth-order valence-electron chi connectivity index (χ4n) is 28.8. The Kier molecular flexibility index (Phi) is 15.6. The lowest BCUT2D eigenvalue weighted by Crippen LogP contribution is -2.26. The molecule has 8 heteroatoms. The molecule has 16 aromatic carbocycles. The Hall–Kier alpha value is -16.7. The van der Waals surface area contributed by atoms with Crippen molar-refractivity contribution in [2.75, 3.05) is 19.6 Å². The van der Waals surface area contributed by atoms with Gasteiger partial charge in [-0.15, -0.1) is 0 Å². The largest absolute Gasteiger partial charge is 0.309 e. The van der Waals surface area contributed by atoms with Crippen LogP contribution < -0.4 is 19.6 Å². The molecule has 0 fully saturated rings. The zero-order valence-corrected chi connectivity index (χ0v) is 77.2. The first-order valence-electron chi connectivity index (χ1n) is 50.3. The minimum absolute atomic E-state index is 0.905. The van der Waals surface area contributed by atoms with Gasteiger partial charge in [-0.3, -0.25) is 19.9 Å². The highest BCUT2D eigenvalue weighted by molar-refractivity contribution is 6.08. The molecule has 4 aromatic heterocycles. The lowest BCUT2D eigenvalue weighted by Gasteiger charge is -2.40. The number of anilines is 12. The number of rotatable bonds is 0. The van der Waals surface area contributed by atoms with Crippen molar-refractivity contribution in [3.05, 3.63) is 519 Å². The van der Waals surface area contributed by atoms with E-state index >= 15 is 0 Å². The number of nitrogens with zero attached hydrogens (tertiary/aromatic N) is 8. The summed E-state index contributed by atoms with van der Waals surface area (Å²) in [6.07, 6.45) is 27.9. The molecule has 0 saturated heterocycles. The second kappa shape index (κ2) is 28.5. The van der Waals surface area contributed by atoms with Crippen molar-refractivity contribution in [2.45, 2.75) is 103 Å². The molecule has 140 heavy (non-hydrogen) atoms. The van der Waals surface area contributed by atoms with E-state index in [0.717, 1.165) is 109 Å². The number of fused-ring (bicyclic) bond motifs is 48. The number of hydrogen-bond acceptors (Lipinski definition) is 8. The van der Waals surface area contributed by atoms with Crippen molar-refractivity contribution in [1.29, 1.82) is 0 Å². The second-order valence-corrected chi connectivity index (χ2v) is 41.4. The summed E-state index contributed by atoms with van der Waals surface area (Å²) < 4.78 is 0. The summed E-state index contributed by atoms with van der Waals surface area (Å²) in [5.74, 6) is 1.09. The Morgan fingerprint density at radius 3 is 0.864 bits per heavy atom. The summed E-state index contributed by atoms with van der Waals surface area (Å²) in [6.45, 7) is 0. The summed E-state index contributed by atoms with van der Waals surface area (Å²) in [7, 11) is 0. The number of pyridine rings is 4. The lowest BCUT2D eigenvalue weighted by atomic mass is 9.81. The Balaban J connectivity index is 0.0000000829. The smallest absolute Gasteiger partial charge is 0.141 e. The Bertz CT molecular complexity index is 8040. The molecule has 0 saturated carbocycles. The second-order valence-electron chi connectivity index (χ2n) is 41.4. The number of hydrogen-bond donors (Lipinski definition) is 0. The summed E-state index contributed by atoms with van der Waals surface area (Å²) in [5.41, 5.74) is 84.4. The van der Waals surface area contributed by atoms with Gasteiger partial charge in [0.15, 0.2) is 0 Å². The van der Waals surface area contributed by atoms with Crippen LogP contribution in [0, 0.1) is 0 Å². The van der Waals surface area contributed by atoms with Crippen molar-refractivity contribution in [1.82, 2.24) is 19.9 Å². The highest BCUT2D eigenvalue weighted by atomic mass is 15.2. The normalized spacial score (nSPS) is 14.9. The molecule has 0 radical (unpaired) electrons. The van der Waals surface area contributed by atoms with Gasteiger partial charge in [-0.1, -0.05) is 249 Å². The molecule has 0 N–H and O–H groups in total. The van der Waals surface area contributed by atoms with Gasteiger partial charge in [-0.25, -0.2) is 4.98 Å². The van der Waals surface area contributed by atoms with E-state index in [1.54, 1.807) is 0 Å². The van der Waals surface area contributed by atoms with Crippen LogP contribution in [0.1, 0.15) is 178 Å². The SMILES string of the molecule is c1ccc2c(c1)Cc1ccc3c(c1-2)-c1c(cc2c4c1Cc1ccccc1N4c1cccnc1C2)C3.c1ccc2c(c1)Cc1ccc3c(c1-2)-c1c(cc2c4c1Cc1ccccc1N4c1ccncc1C2)C3.c1ccc2c(c1)Cc1ccc3c(c1-2)-c1c(cc2c4c1Cc1ccccc1N4c1cnccc1C2)C3.c1ccc2c(c1)Cc1ccc3c(c1-2)-c1c(cc2c4c1Cc1ccccc1N4c1ncccc1C2)C3. The Labute approximate surface area is 812 Å². The molecule has 656 valence electrons. The maximum Gasteiger partial charge on any atom is 0.141 e. The minimum atomic E-state index is 0.905. The van der Waals surface area contributed by atoms with Gasteiger partial charge in [-0.2, -0.15) is 0 Å². The van der Waals surface area contributed by atoms with Crippen LogP contribution in [0.5, 0.6) is 0 Å². The van der Waals surface area contributed by atoms with Gasteiger partial charge in [0.1, 0.15) is 5.82 Å². The average molecular weight is 1790 g/mol.